The van der Waals surface area contributed by atoms with Gasteiger partial charge in [-0.05, 0) is 17.7 Å². The molecule has 43 heavy (non-hydrogen) atoms. The number of allylic oxidation sites excluding steroid dienone is 1. The van der Waals surface area contributed by atoms with Crippen molar-refractivity contribution >= 4 is 29.1 Å². The van der Waals surface area contributed by atoms with E-state index in [-0.39, 0.29) is 76.6 Å². The fraction of sp³-hybridized carbons (Fsp3) is 0.433. The van der Waals surface area contributed by atoms with E-state index in [1.165, 1.54) is 41.6 Å². The highest BCUT2D eigenvalue weighted by atomic mass is 35.5. The van der Waals surface area contributed by atoms with Crippen LogP contribution in [-0.4, -0.2) is 82.0 Å². The predicted octanol–water partition coefficient (Wildman–Crippen LogP) is 3.40. The Kier molecular flexibility index (Phi) is 9.31. The van der Waals surface area contributed by atoms with Gasteiger partial charge in [0.2, 0.25) is 23.0 Å². The zero-order chi connectivity index (χ0) is 31.6. The van der Waals surface area contributed by atoms with Crippen molar-refractivity contribution in [2.45, 2.75) is 31.3 Å². The van der Waals surface area contributed by atoms with E-state index >= 15 is 0 Å². The molecule has 4 rings (SSSR count). The summed E-state index contributed by atoms with van der Waals surface area (Å²) >= 11 is 6.55. The lowest BCUT2D eigenvalue weighted by molar-refractivity contribution is -0.122. The van der Waals surface area contributed by atoms with E-state index in [2.05, 4.69) is 5.32 Å². The van der Waals surface area contributed by atoms with Gasteiger partial charge < -0.3 is 44.0 Å². The van der Waals surface area contributed by atoms with Crippen molar-refractivity contribution in [3.8, 4) is 34.5 Å². The molecular formula is C30H34ClNO11. The minimum atomic E-state index is -2.05. The molecule has 13 heteroatoms. The summed E-state index contributed by atoms with van der Waals surface area (Å²) in [5, 5.41) is 23.8. The molecule has 232 valence electrons. The molecule has 1 aliphatic carbocycles. The minimum Gasteiger partial charge on any atom is -0.507 e. The van der Waals surface area contributed by atoms with Gasteiger partial charge in [0.05, 0.1) is 42.2 Å². The molecule has 3 atom stereocenters. The van der Waals surface area contributed by atoms with Crippen LogP contribution in [0.15, 0.2) is 29.5 Å². The van der Waals surface area contributed by atoms with Crippen molar-refractivity contribution in [2.24, 2.45) is 5.92 Å². The van der Waals surface area contributed by atoms with Crippen LogP contribution in [0.5, 0.6) is 34.5 Å². The lowest BCUT2D eigenvalue weighted by Crippen LogP contribution is -2.53. The van der Waals surface area contributed by atoms with E-state index in [4.69, 9.17) is 40.0 Å². The molecule has 1 spiro atoms. The number of ketones is 2. The number of aliphatic hydroxyl groups excluding tert-OH is 2. The number of rotatable bonds is 11. The summed E-state index contributed by atoms with van der Waals surface area (Å²) in [5.74, 6) is -3.26. The first-order valence-electron chi connectivity index (χ1n) is 13.4. The first-order valence-corrected chi connectivity index (χ1v) is 13.7. The second kappa shape index (κ2) is 12.6. The third-order valence-electron chi connectivity index (χ3n) is 7.77. The van der Waals surface area contributed by atoms with E-state index in [1.807, 2.05) is 0 Å². The number of hydrogen-bond donors (Lipinski definition) is 3. The second-order valence-corrected chi connectivity index (χ2v) is 10.4. The number of nitrogens with one attached hydrogen (secondary N) is 1. The molecule has 0 bridgehead atoms. The molecule has 2 aliphatic rings. The number of amides is 1. The first kappa shape index (κ1) is 31.8. The molecule has 0 aromatic heterocycles. The largest absolute Gasteiger partial charge is 0.507 e. The summed E-state index contributed by atoms with van der Waals surface area (Å²) in [6, 6.07) is 4.55. The SMILES string of the molecule is COc1cc(OC)c2c(c1Cl)OC1(C2=O)C(O)=C(C(CC(=O)NCCO)c2cc(OC)c(OC)c(OC)c2)C(=O)CC1C. The minimum absolute atomic E-state index is 0.00784. The van der Waals surface area contributed by atoms with Gasteiger partial charge in [-0.15, -0.1) is 0 Å². The zero-order valence-electron chi connectivity index (χ0n) is 24.7. The van der Waals surface area contributed by atoms with Gasteiger partial charge in [-0.2, -0.15) is 0 Å². The summed E-state index contributed by atoms with van der Waals surface area (Å²) < 4.78 is 33.4. The van der Waals surface area contributed by atoms with Gasteiger partial charge >= 0.3 is 0 Å². The van der Waals surface area contributed by atoms with Crippen molar-refractivity contribution in [3.63, 3.8) is 0 Å². The van der Waals surface area contributed by atoms with Crippen LogP contribution in [0, 0.1) is 5.92 Å². The van der Waals surface area contributed by atoms with Crippen molar-refractivity contribution in [2.75, 3.05) is 48.7 Å². The van der Waals surface area contributed by atoms with Gasteiger partial charge in [-0.3, -0.25) is 14.4 Å². The number of hydrogen-bond acceptors (Lipinski definition) is 11. The number of fused-ring (bicyclic) bond motifs is 1. The van der Waals surface area contributed by atoms with Crippen LogP contribution >= 0.6 is 11.6 Å². The van der Waals surface area contributed by atoms with Crippen molar-refractivity contribution in [1.82, 2.24) is 5.32 Å². The van der Waals surface area contributed by atoms with Crippen LogP contribution < -0.4 is 33.7 Å². The third-order valence-corrected chi connectivity index (χ3v) is 8.13. The number of Topliss-reactive ketones (excluding diaryl/α,β-unsaturated/α-hetero) is 2. The molecular weight excluding hydrogens is 586 g/mol. The fourth-order valence-corrected chi connectivity index (χ4v) is 5.95. The Bertz CT molecular complexity index is 1460. The lowest BCUT2D eigenvalue weighted by atomic mass is 9.69. The van der Waals surface area contributed by atoms with Gasteiger partial charge in [0.25, 0.3) is 0 Å². The summed E-state index contributed by atoms with van der Waals surface area (Å²) in [5.41, 5.74) is -1.90. The molecule has 1 heterocycles. The average molecular weight is 620 g/mol. The predicted molar refractivity (Wildman–Crippen MR) is 154 cm³/mol. The molecule has 2 aromatic carbocycles. The topological polar surface area (TPSA) is 159 Å². The summed E-state index contributed by atoms with van der Waals surface area (Å²) in [7, 11) is 7.01. The highest BCUT2D eigenvalue weighted by Crippen LogP contribution is 2.56. The highest BCUT2D eigenvalue weighted by Gasteiger charge is 2.61. The monoisotopic (exact) mass is 619 g/mol. The van der Waals surface area contributed by atoms with Crippen molar-refractivity contribution < 1.29 is 53.0 Å². The summed E-state index contributed by atoms with van der Waals surface area (Å²) in [6.45, 7) is 1.27. The number of halogens is 1. The first-order chi connectivity index (χ1) is 20.5. The van der Waals surface area contributed by atoms with E-state index in [0.29, 0.717) is 5.56 Å². The Morgan fingerprint density at radius 2 is 1.63 bits per heavy atom. The Labute approximate surface area is 253 Å². The standard InChI is InChI=1S/C30H34ClNO11/c1-14-9-17(34)23(28(36)30(14)29(37)24-18(38-2)13-19(39-3)25(31)27(24)43-30)16(12-22(35)32-7-8-33)15-10-20(40-4)26(42-6)21(11-15)41-5/h10-11,13-14,16,33,36H,7-9,12H2,1-6H3,(H,32,35). The van der Waals surface area contributed by atoms with Crippen LogP contribution in [0.1, 0.15) is 41.6 Å². The van der Waals surface area contributed by atoms with Crippen LogP contribution in [0.25, 0.3) is 0 Å². The van der Waals surface area contributed by atoms with Crippen LogP contribution in [0.3, 0.4) is 0 Å². The maximum absolute atomic E-state index is 14.2. The number of methoxy groups -OCH3 is 5. The maximum atomic E-state index is 14.2. The smallest absolute Gasteiger partial charge is 0.231 e. The third kappa shape index (κ3) is 5.18. The molecule has 12 nitrogen and oxygen atoms in total. The van der Waals surface area contributed by atoms with Crippen LogP contribution in [0.4, 0.5) is 0 Å². The molecule has 0 saturated heterocycles. The van der Waals surface area contributed by atoms with E-state index in [9.17, 15) is 24.6 Å². The number of benzene rings is 2. The second-order valence-electron chi connectivity index (χ2n) is 10.0. The molecule has 0 radical (unpaired) electrons. The lowest BCUT2D eigenvalue weighted by Gasteiger charge is -2.38. The Balaban J connectivity index is 1.98. The Morgan fingerprint density at radius 1 is 1.02 bits per heavy atom. The molecule has 2 aromatic rings. The molecule has 0 saturated carbocycles. The van der Waals surface area contributed by atoms with Gasteiger partial charge in [0, 0.05) is 42.9 Å². The van der Waals surface area contributed by atoms with E-state index in [1.54, 1.807) is 19.1 Å². The number of carbonyl (C=O) groups excluding carboxylic acids is 3. The maximum Gasteiger partial charge on any atom is 0.231 e. The zero-order valence-corrected chi connectivity index (χ0v) is 25.4. The molecule has 3 N–H and O–H groups in total. The van der Waals surface area contributed by atoms with Gasteiger partial charge in [0.1, 0.15) is 22.1 Å². The van der Waals surface area contributed by atoms with Gasteiger partial charge in [-0.25, -0.2) is 0 Å². The molecule has 3 unspecified atom stereocenters. The van der Waals surface area contributed by atoms with Crippen LogP contribution in [-0.2, 0) is 9.59 Å². The number of ether oxygens (including phenoxy) is 6. The molecule has 0 fully saturated rings. The molecule has 1 amide bonds. The average Bonchev–Trinajstić information content (AvgIpc) is 3.32. The van der Waals surface area contributed by atoms with Crippen molar-refractivity contribution in [3.05, 3.63) is 45.7 Å². The van der Waals surface area contributed by atoms with Crippen molar-refractivity contribution in [1.29, 1.82) is 0 Å². The Morgan fingerprint density at radius 3 is 2.16 bits per heavy atom. The molecule has 1 aliphatic heterocycles. The fourth-order valence-electron chi connectivity index (χ4n) is 5.68. The number of carbonyl (C=O) groups is 3. The normalized spacial score (nSPS) is 20.0. The summed E-state index contributed by atoms with van der Waals surface area (Å²) in [6.07, 6.45) is -0.539. The summed E-state index contributed by atoms with van der Waals surface area (Å²) in [4.78, 5) is 41.0. The van der Waals surface area contributed by atoms with Gasteiger partial charge in [-0.1, -0.05) is 18.5 Å². The number of aliphatic hydroxyl groups is 2. The van der Waals surface area contributed by atoms with E-state index < -0.39 is 40.7 Å². The van der Waals surface area contributed by atoms with Gasteiger partial charge in [0.15, 0.2) is 28.8 Å². The van der Waals surface area contributed by atoms with E-state index in [0.717, 1.165) is 0 Å². The Hall–Kier alpha value is -4.16. The highest BCUT2D eigenvalue weighted by molar-refractivity contribution is 6.35. The quantitative estimate of drug-likeness (QED) is 0.338. The van der Waals surface area contributed by atoms with Crippen LogP contribution in [0.2, 0.25) is 5.02 Å².